The Morgan fingerprint density at radius 1 is 1.37 bits per heavy atom. The number of nitriles is 1. The zero-order valence-corrected chi connectivity index (χ0v) is 17.7. The minimum atomic E-state index is -0.160. The van der Waals surface area contributed by atoms with E-state index >= 15 is 0 Å². The minimum Gasteiger partial charge on any atom is -0.316 e. The van der Waals surface area contributed by atoms with Gasteiger partial charge in [0.25, 0.3) is 0 Å². The Labute approximate surface area is 170 Å². The molecule has 3 heterocycles. The predicted molar refractivity (Wildman–Crippen MR) is 112 cm³/mol. The van der Waals surface area contributed by atoms with Gasteiger partial charge in [-0.3, -0.25) is 4.79 Å². The highest BCUT2D eigenvalue weighted by Gasteiger charge is 2.19. The molecule has 9 heteroatoms. The number of anilines is 1. The average molecular weight is 418 g/mol. The highest BCUT2D eigenvalue weighted by molar-refractivity contribution is 7.99. The van der Waals surface area contributed by atoms with Crippen LogP contribution in [0.3, 0.4) is 0 Å². The van der Waals surface area contributed by atoms with Gasteiger partial charge in [0.2, 0.25) is 5.91 Å². The van der Waals surface area contributed by atoms with E-state index in [4.69, 9.17) is 5.26 Å². The van der Waals surface area contributed by atoms with E-state index in [1.807, 2.05) is 11.5 Å². The summed E-state index contributed by atoms with van der Waals surface area (Å²) in [6.45, 7) is 7.05. The molecule has 0 bridgehead atoms. The van der Waals surface area contributed by atoms with Crippen molar-refractivity contribution in [2.45, 2.75) is 38.9 Å². The van der Waals surface area contributed by atoms with Gasteiger partial charge in [0.05, 0.1) is 11.3 Å². The number of hydrogen-bond acceptors (Lipinski definition) is 7. The molecule has 3 rings (SSSR count). The van der Waals surface area contributed by atoms with Crippen molar-refractivity contribution in [1.29, 1.82) is 5.26 Å². The zero-order valence-electron chi connectivity index (χ0n) is 15.3. The maximum atomic E-state index is 12.2. The van der Waals surface area contributed by atoms with Gasteiger partial charge in [0.15, 0.2) is 11.0 Å². The first-order valence-electron chi connectivity index (χ1n) is 8.49. The fourth-order valence-corrected chi connectivity index (χ4v) is 5.27. The number of rotatable bonds is 7. The summed E-state index contributed by atoms with van der Waals surface area (Å²) in [5.41, 5.74) is 2.92. The van der Waals surface area contributed by atoms with E-state index in [-0.39, 0.29) is 11.7 Å². The van der Waals surface area contributed by atoms with Crippen molar-refractivity contribution in [2.75, 3.05) is 11.1 Å². The maximum absolute atomic E-state index is 12.2. The van der Waals surface area contributed by atoms with Gasteiger partial charge < -0.3 is 9.88 Å². The molecule has 0 spiro atoms. The summed E-state index contributed by atoms with van der Waals surface area (Å²) in [5.74, 6) is 0.905. The van der Waals surface area contributed by atoms with E-state index in [0.717, 1.165) is 29.5 Å². The lowest BCUT2D eigenvalue weighted by molar-refractivity contribution is -0.113. The smallest absolute Gasteiger partial charge is 0.235 e. The fourth-order valence-electron chi connectivity index (χ4n) is 2.77. The summed E-state index contributed by atoms with van der Waals surface area (Å²) >= 11 is 4.42. The van der Waals surface area contributed by atoms with Gasteiger partial charge in [-0.1, -0.05) is 18.7 Å². The number of aromatic nitrogens is 3. The molecule has 0 saturated heterocycles. The number of amides is 1. The second-order valence-electron chi connectivity index (χ2n) is 5.70. The van der Waals surface area contributed by atoms with Crippen molar-refractivity contribution >= 4 is 45.3 Å². The third-order valence-electron chi connectivity index (χ3n) is 4.10. The van der Waals surface area contributed by atoms with Gasteiger partial charge in [-0.05, 0) is 37.3 Å². The molecular formula is C18H19N5OS3. The molecule has 0 aliphatic rings. The normalized spacial score (nSPS) is 10.7. The van der Waals surface area contributed by atoms with E-state index < -0.39 is 0 Å². The molecule has 0 saturated carbocycles. The molecule has 0 radical (unpaired) electrons. The largest absolute Gasteiger partial charge is 0.316 e. The Bertz CT molecular complexity index is 995. The van der Waals surface area contributed by atoms with Crippen LogP contribution in [0.5, 0.6) is 0 Å². The Morgan fingerprint density at radius 2 is 2.19 bits per heavy atom. The third-order valence-corrected chi connectivity index (χ3v) is 6.85. The summed E-state index contributed by atoms with van der Waals surface area (Å²) in [6, 6.07) is 3.77. The molecule has 0 unspecified atom stereocenters. The van der Waals surface area contributed by atoms with Crippen LogP contribution in [0.25, 0.3) is 11.4 Å². The van der Waals surface area contributed by atoms with Crippen LogP contribution in [-0.2, 0) is 17.8 Å². The topological polar surface area (TPSA) is 83.6 Å². The summed E-state index contributed by atoms with van der Waals surface area (Å²) in [6.07, 6.45) is 0.953. The first kappa shape index (κ1) is 19.6. The van der Waals surface area contributed by atoms with E-state index in [1.165, 1.54) is 33.5 Å². The maximum Gasteiger partial charge on any atom is 0.235 e. The zero-order chi connectivity index (χ0) is 19.4. The molecule has 0 aromatic carbocycles. The molecule has 1 N–H and O–H groups in total. The lowest BCUT2D eigenvalue weighted by atomic mass is 10.1. The van der Waals surface area contributed by atoms with Crippen LogP contribution < -0.4 is 5.32 Å². The van der Waals surface area contributed by atoms with Crippen molar-refractivity contribution in [3.63, 3.8) is 0 Å². The van der Waals surface area contributed by atoms with Crippen LogP contribution in [0.4, 0.5) is 5.00 Å². The van der Waals surface area contributed by atoms with E-state index in [9.17, 15) is 4.79 Å². The number of carbonyl (C=O) groups is 1. The van der Waals surface area contributed by atoms with Crippen LogP contribution in [0.2, 0.25) is 0 Å². The number of nitrogens with one attached hydrogen (secondary N) is 1. The quantitative estimate of drug-likeness (QED) is 0.570. The van der Waals surface area contributed by atoms with Gasteiger partial charge in [-0.25, -0.2) is 0 Å². The minimum absolute atomic E-state index is 0.160. The monoisotopic (exact) mass is 417 g/mol. The molecule has 0 fully saturated rings. The first-order chi connectivity index (χ1) is 13.1. The SMILES string of the molecule is CCc1c(-c2nnc(SCC(=O)Nc3sccc3C#N)n2CC)csc1C. The van der Waals surface area contributed by atoms with E-state index in [1.54, 1.807) is 22.8 Å². The number of hydrogen-bond donors (Lipinski definition) is 1. The second kappa shape index (κ2) is 8.69. The molecule has 27 heavy (non-hydrogen) atoms. The number of carbonyl (C=O) groups excluding carboxylic acids is 1. The van der Waals surface area contributed by atoms with Gasteiger partial charge in [-0.2, -0.15) is 5.26 Å². The van der Waals surface area contributed by atoms with E-state index in [0.29, 0.717) is 10.6 Å². The molecule has 0 aliphatic carbocycles. The van der Waals surface area contributed by atoms with Crippen molar-refractivity contribution < 1.29 is 4.79 Å². The summed E-state index contributed by atoms with van der Waals surface area (Å²) in [4.78, 5) is 13.5. The molecule has 3 aromatic heterocycles. The van der Waals surface area contributed by atoms with Crippen molar-refractivity contribution in [2.24, 2.45) is 0 Å². The molecular weight excluding hydrogens is 398 g/mol. The van der Waals surface area contributed by atoms with Crippen LogP contribution in [0.1, 0.15) is 29.9 Å². The van der Waals surface area contributed by atoms with Crippen LogP contribution in [0, 0.1) is 18.3 Å². The summed E-state index contributed by atoms with van der Waals surface area (Å²) < 4.78 is 2.05. The van der Waals surface area contributed by atoms with Gasteiger partial charge in [0.1, 0.15) is 11.1 Å². The van der Waals surface area contributed by atoms with Crippen molar-refractivity contribution in [1.82, 2.24) is 14.8 Å². The molecule has 0 atom stereocenters. The predicted octanol–water partition coefficient (Wildman–Crippen LogP) is 4.56. The lowest BCUT2D eigenvalue weighted by Gasteiger charge is -2.08. The standard InChI is InChI=1S/C18H19N5OS3/c1-4-13-11(3)26-9-14(13)16-21-22-18(23(16)5-2)27-10-15(24)20-17-12(8-19)6-7-25-17/h6-7,9H,4-5,10H2,1-3H3,(H,20,24). The number of nitrogens with zero attached hydrogens (tertiary/aromatic N) is 4. The highest BCUT2D eigenvalue weighted by atomic mass is 32.2. The molecule has 3 aromatic rings. The van der Waals surface area contributed by atoms with Crippen LogP contribution >= 0.6 is 34.4 Å². The fraction of sp³-hybridized carbons (Fsp3) is 0.333. The Morgan fingerprint density at radius 3 is 2.89 bits per heavy atom. The van der Waals surface area contributed by atoms with Crippen molar-refractivity contribution in [3.8, 4) is 17.5 Å². The summed E-state index contributed by atoms with van der Waals surface area (Å²) in [7, 11) is 0. The van der Waals surface area contributed by atoms with Crippen LogP contribution in [0.15, 0.2) is 22.0 Å². The van der Waals surface area contributed by atoms with Gasteiger partial charge in [0, 0.05) is 22.4 Å². The van der Waals surface area contributed by atoms with Gasteiger partial charge in [-0.15, -0.1) is 32.9 Å². The first-order valence-corrected chi connectivity index (χ1v) is 11.2. The summed E-state index contributed by atoms with van der Waals surface area (Å²) in [5, 5.41) is 25.7. The second-order valence-corrected chi connectivity index (χ2v) is 8.64. The number of thiophene rings is 2. The Hall–Kier alpha value is -2.15. The third kappa shape index (κ3) is 4.08. The molecule has 0 aliphatic heterocycles. The number of thioether (sulfide) groups is 1. The Kier molecular flexibility index (Phi) is 6.31. The van der Waals surface area contributed by atoms with Crippen molar-refractivity contribution in [3.05, 3.63) is 32.8 Å². The highest BCUT2D eigenvalue weighted by Crippen LogP contribution is 2.32. The molecule has 140 valence electrons. The van der Waals surface area contributed by atoms with Gasteiger partial charge >= 0.3 is 0 Å². The van der Waals surface area contributed by atoms with Crippen LogP contribution in [-0.4, -0.2) is 26.4 Å². The molecule has 6 nitrogen and oxygen atoms in total. The molecule has 1 amide bonds. The average Bonchev–Trinajstić information content (AvgIpc) is 3.37. The number of aryl methyl sites for hydroxylation is 1. The lowest BCUT2D eigenvalue weighted by Crippen LogP contribution is -2.14. The Balaban J connectivity index is 1.74. The van der Waals surface area contributed by atoms with E-state index in [2.05, 4.69) is 40.8 Å².